The van der Waals surface area contributed by atoms with Crippen molar-refractivity contribution in [3.05, 3.63) is 35.9 Å². The van der Waals surface area contributed by atoms with Gasteiger partial charge >= 0.3 is 5.97 Å². The van der Waals surface area contributed by atoms with E-state index in [1.165, 1.54) is 0 Å². The Morgan fingerprint density at radius 3 is 2.33 bits per heavy atom. The van der Waals surface area contributed by atoms with Gasteiger partial charge in [0.05, 0.1) is 11.2 Å². The number of hydrogen-bond donors (Lipinski definition) is 2. The molecule has 0 saturated carbocycles. The lowest BCUT2D eigenvalue weighted by molar-refractivity contribution is -0.138. The van der Waals surface area contributed by atoms with Gasteiger partial charge in [-0.2, -0.15) is 0 Å². The molecule has 0 fully saturated rings. The third-order valence-corrected chi connectivity index (χ3v) is 4.64. The van der Waals surface area contributed by atoms with Crippen molar-refractivity contribution in [3.63, 3.8) is 0 Å². The Labute approximate surface area is 130 Å². The Morgan fingerprint density at radius 2 is 1.86 bits per heavy atom. The molecule has 0 aromatic heterocycles. The van der Waals surface area contributed by atoms with Crippen LogP contribution >= 0.6 is 11.8 Å². The second kappa shape index (κ2) is 8.72. The number of hydrogen-bond acceptors (Lipinski definition) is 3. The number of carbonyl (C=O) groups excluding carboxylic acids is 1. The standard InChI is InChI=1S/C16H23NO3S/c1-4-21-14(11(2)3)15(18)17-10-13(16(19)20)12-8-6-5-7-9-12/h5-9,11,13-14H,4,10H2,1-3H3,(H,17,18)(H,19,20)/t13-,14-/m1/s1. The van der Waals surface area contributed by atoms with Gasteiger partial charge in [0.15, 0.2) is 0 Å². The number of aliphatic carboxylic acids is 1. The maximum Gasteiger partial charge on any atom is 0.312 e. The largest absolute Gasteiger partial charge is 0.481 e. The maximum atomic E-state index is 12.2. The predicted octanol–water partition coefficient (Wildman–Crippen LogP) is 2.75. The molecule has 0 bridgehead atoms. The van der Waals surface area contributed by atoms with E-state index in [-0.39, 0.29) is 23.6 Å². The van der Waals surface area contributed by atoms with Gasteiger partial charge in [-0.1, -0.05) is 51.1 Å². The van der Waals surface area contributed by atoms with Crippen LogP contribution in [0.15, 0.2) is 30.3 Å². The molecule has 0 spiro atoms. The first-order valence-electron chi connectivity index (χ1n) is 7.14. The van der Waals surface area contributed by atoms with Crippen LogP contribution in [0.25, 0.3) is 0 Å². The highest BCUT2D eigenvalue weighted by molar-refractivity contribution is 8.00. The van der Waals surface area contributed by atoms with E-state index in [4.69, 9.17) is 0 Å². The summed E-state index contributed by atoms with van der Waals surface area (Å²) in [6, 6.07) is 8.99. The predicted molar refractivity (Wildman–Crippen MR) is 86.6 cm³/mol. The molecule has 21 heavy (non-hydrogen) atoms. The number of nitrogens with one attached hydrogen (secondary N) is 1. The first kappa shape index (κ1) is 17.6. The molecule has 2 N–H and O–H groups in total. The molecular formula is C16H23NO3S. The van der Waals surface area contributed by atoms with Crippen LogP contribution in [0.2, 0.25) is 0 Å². The van der Waals surface area contributed by atoms with Gasteiger partial charge in [0.25, 0.3) is 0 Å². The number of thioether (sulfide) groups is 1. The number of carboxylic acids is 1. The van der Waals surface area contributed by atoms with Gasteiger partial charge in [0.2, 0.25) is 5.91 Å². The zero-order valence-corrected chi connectivity index (χ0v) is 13.5. The van der Waals surface area contributed by atoms with Crippen molar-refractivity contribution in [1.82, 2.24) is 5.32 Å². The molecule has 1 aromatic rings. The van der Waals surface area contributed by atoms with E-state index in [0.29, 0.717) is 5.56 Å². The molecule has 1 amide bonds. The molecule has 4 nitrogen and oxygen atoms in total. The van der Waals surface area contributed by atoms with E-state index in [1.807, 2.05) is 26.8 Å². The first-order chi connectivity index (χ1) is 9.97. The van der Waals surface area contributed by atoms with E-state index in [9.17, 15) is 14.7 Å². The number of carbonyl (C=O) groups is 2. The number of benzene rings is 1. The van der Waals surface area contributed by atoms with Crippen LogP contribution in [0.1, 0.15) is 32.3 Å². The van der Waals surface area contributed by atoms with Gasteiger partial charge < -0.3 is 10.4 Å². The van der Waals surface area contributed by atoms with E-state index < -0.39 is 11.9 Å². The van der Waals surface area contributed by atoms with Crippen LogP contribution in [-0.4, -0.2) is 34.5 Å². The molecule has 0 heterocycles. The Kier molecular flexibility index (Phi) is 7.29. The number of carboxylic acid groups (broad SMARTS) is 1. The minimum atomic E-state index is -0.925. The first-order valence-corrected chi connectivity index (χ1v) is 8.19. The summed E-state index contributed by atoms with van der Waals surface area (Å²) in [6.07, 6.45) is 0. The topological polar surface area (TPSA) is 66.4 Å². The van der Waals surface area contributed by atoms with Gasteiger partial charge in [-0.15, -0.1) is 11.8 Å². The summed E-state index contributed by atoms with van der Waals surface area (Å²) in [5.74, 6) is -0.647. The normalized spacial score (nSPS) is 13.7. The molecule has 116 valence electrons. The lowest BCUT2D eigenvalue weighted by atomic mass is 9.99. The van der Waals surface area contributed by atoms with Gasteiger partial charge in [0, 0.05) is 6.54 Å². The van der Waals surface area contributed by atoms with Gasteiger partial charge in [-0.05, 0) is 17.2 Å². The highest BCUT2D eigenvalue weighted by Gasteiger charge is 2.25. The van der Waals surface area contributed by atoms with Crippen LogP contribution in [0, 0.1) is 5.92 Å². The highest BCUT2D eigenvalue weighted by atomic mass is 32.2. The lowest BCUT2D eigenvalue weighted by Crippen LogP contribution is -2.39. The second-order valence-electron chi connectivity index (χ2n) is 5.17. The van der Waals surface area contributed by atoms with Crippen LogP contribution in [0.5, 0.6) is 0 Å². The minimum Gasteiger partial charge on any atom is -0.481 e. The summed E-state index contributed by atoms with van der Waals surface area (Å²) in [5.41, 5.74) is 0.703. The molecule has 0 unspecified atom stereocenters. The molecule has 2 atom stereocenters. The van der Waals surface area contributed by atoms with E-state index in [0.717, 1.165) is 5.75 Å². The number of rotatable bonds is 8. The van der Waals surface area contributed by atoms with Crippen LogP contribution in [-0.2, 0) is 9.59 Å². The summed E-state index contributed by atoms with van der Waals surface area (Å²) < 4.78 is 0. The lowest BCUT2D eigenvalue weighted by Gasteiger charge is -2.21. The molecular weight excluding hydrogens is 286 g/mol. The van der Waals surface area contributed by atoms with E-state index in [2.05, 4.69) is 5.32 Å². The van der Waals surface area contributed by atoms with Crippen molar-refractivity contribution < 1.29 is 14.7 Å². The zero-order chi connectivity index (χ0) is 15.8. The fourth-order valence-corrected chi connectivity index (χ4v) is 3.07. The molecule has 0 aliphatic rings. The Balaban J connectivity index is 2.69. The molecule has 0 aliphatic carbocycles. The van der Waals surface area contributed by atoms with Crippen LogP contribution < -0.4 is 5.32 Å². The Morgan fingerprint density at radius 1 is 1.24 bits per heavy atom. The van der Waals surface area contributed by atoms with E-state index in [1.54, 1.807) is 36.0 Å². The molecule has 1 rings (SSSR count). The van der Waals surface area contributed by atoms with Crippen LogP contribution in [0.3, 0.4) is 0 Å². The second-order valence-corrected chi connectivity index (χ2v) is 6.59. The minimum absolute atomic E-state index is 0.0842. The van der Waals surface area contributed by atoms with Crippen molar-refractivity contribution >= 4 is 23.6 Å². The van der Waals surface area contributed by atoms with Crippen molar-refractivity contribution in [2.45, 2.75) is 31.9 Å². The van der Waals surface area contributed by atoms with Gasteiger partial charge in [0.1, 0.15) is 0 Å². The van der Waals surface area contributed by atoms with Crippen molar-refractivity contribution in [3.8, 4) is 0 Å². The van der Waals surface area contributed by atoms with Crippen molar-refractivity contribution in [2.24, 2.45) is 5.92 Å². The average molecular weight is 309 g/mol. The Hall–Kier alpha value is -1.49. The molecule has 0 saturated heterocycles. The highest BCUT2D eigenvalue weighted by Crippen LogP contribution is 2.20. The SMILES string of the molecule is CCS[C@@H](C(=O)NC[C@@H](C(=O)O)c1ccccc1)C(C)C. The zero-order valence-electron chi connectivity index (χ0n) is 12.7. The molecule has 0 aliphatic heterocycles. The number of amides is 1. The Bertz CT molecular complexity index is 462. The van der Waals surface area contributed by atoms with E-state index >= 15 is 0 Å². The summed E-state index contributed by atoms with van der Waals surface area (Å²) >= 11 is 1.59. The average Bonchev–Trinajstić information content (AvgIpc) is 2.45. The smallest absolute Gasteiger partial charge is 0.312 e. The molecule has 0 radical (unpaired) electrons. The summed E-state index contributed by atoms with van der Waals surface area (Å²) in [6.45, 7) is 6.13. The summed E-state index contributed by atoms with van der Waals surface area (Å²) in [4.78, 5) is 23.6. The fourth-order valence-electron chi connectivity index (χ4n) is 2.09. The van der Waals surface area contributed by atoms with Gasteiger partial charge in [-0.3, -0.25) is 9.59 Å². The third kappa shape index (κ3) is 5.42. The summed E-state index contributed by atoms with van der Waals surface area (Å²) in [7, 11) is 0. The molecule has 5 heteroatoms. The van der Waals surface area contributed by atoms with Crippen molar-refractivity contribution in [1.29, 1.82) is 0 Å². The molecule has 1 aromatic carbocycles. The van der Waals surface area contributed by atoms with Crippen molar-refractivity contribution in [2.75, 3.05) is 12.3 Å². The third-order valence-electron chi connectivity index (χ3n) is 3.19. The van der Waals surface area contributed by atoms with Gasteiger partial charge in [-0.25, -0.2) is 0 Å². The monoisotopic (exact) mass is 309 g/mol. The maximum absolute atomic E-state index is 12.2. The summed E-state index contributed by atoms with van der Waals surface area (Å²) in [5, 5.41) is 12.0. The van der Waals surface area contributed by atoms with Crippen LogP contribution in [0.4, 0.5) is 0 Å². The quantitative estimate of drug-likeness (QED) is 0.775. The fraction of sp³-hybridized carbons (Fsp3) is 0.500.